The molecule has 0 amide bonds. The SMILES string of the molecule is NCCC(N)CS(=O)(=O)S. The minimum Gasteiger partial charge on any atom is -0.330 e. The molecule has 4 N–H and O–H groups in total. The molecule has 0 saturated heterocycles. The highest BCUT2D eigenvalue weighted by atomic mass is 33.1. The molecular formula is C4H12N2O2S2. The minimum absolute atomic E-state index is 0.104. The highest BCUT2D eigenvalue weighted by Gasteiger charge is 2.09. The third-order valence-corrected chi connectivity index (χ3v) is 2.26. The van der Waals surface area contributed by atoms with Gasteiger partial charge in [-0.3, -0.25) is 0 Å². The van der Waals surface area contributed by atoms with Crippen molar-refractivity contribution in [1.29, 1.82) is 0 Å². The summed E-state index contributed by atoms with van der Waals surface area (Å²) in [5.41, 5.74) is 10.5. The first-order chi connectivity index (χ1) is 4.45. The summed E-state index contributed by atoms with van der Waals surface area (Å²) in [6, 6.07) is -0.382. The smallest absolute Gasteiger partial charge is 0.200 e. The van der Waals surface area contributed by atoms with E-state index in [0.29, 0.717) is 13.0 Å². The van der Waals surface area contributed by atoms with Crippen LogP contribution in [-0.2, 0) is 8.87 Å². The zero-order chi connectivity index (χ0) is 8.20. The molecule has 0 aliphatic carbocycles. The molecule has 1 unspecified atom stereocenters. The van der Waals surface area contributed by atoms with Crippen LogP contribution in [0.1, 0.15) is 6.42 Å². The van der Waals surface area contributed by atoms with Crippen LogP contribution in [-0.4, -0.2) is 26.8 Å². The van der Waals surface area contributed by atoms with Gasteiger partial charge in [0.05, 0.1) is 5.75 Å². The first-order valence-electron chi connectivity index (χ1n) is 2.86. The maximum atomic E-state index is 10.5. The Morgan fingerprint density at radius 1 is 1.50 bits per heavy atom. The van der Waals surface area contributed by atoms with Crippen molar-refractivity contribution in [3.8, 4) is 0 Å². The lowest BCUT2D eigenvalue weighted by atomic mass is 10.2. The molecule has 0 fully saturated rings. The fourth-order valence-corrected chi connectivity index (χ4v) is 1.85. The summed E-state index contributed by atoms with van der Waals surface area (Å²) < 4.78 is 20.9. The average molecular weight is 184 g/mol. The van der Waals surface area contributed by atoms with E-state index < -0.39 is 8.87 Å². The van der Waals surface area contributed by atoms with Gasteiger partial charge in [0.1, 0.15) is 0 Å². The fraction of sp³-hybridized carbons (Fsp3) is 1.00. The van der Waals surface area contributed by atoms with Crippen molar-refractivity contribution < 1.29 is 8.42 Å². The fourth-order valence-electron chi connectivity index (χ4n) is 0.568. The Hall–Kier alpha value is 0.220. The molecule has 0 aromatic heterocycles. The van der Waals surface area contributed by atoms with E-state index in [4.69, 9.17) is 11.5 Å². The van der Waals surface area contributed by atoms with Gasteiger partial charge in [-0.1, -0.05) is 0 Å². The van der Waals surface area contributed by atoms with Crippen molar-refractivity contribution in [1.82, 2.24) is 0 Å². The quantitative estimate of drug-likeness (QED) is 0.383. The lowest BCUT2D eigenvalue weighted by Crippen LogP contribution is -2.30. The molecule has 62 valence electrons. The van der Waals surface area contributed by atoms with Gasteiger partial charge < -0.3 is 11.5 Å². The Kier molecular flexibility index (Phi) is 4.26. The van der Waals surface area contributed by atoms with Gasteiger partial charge >= 0.3 is 0 Å². The molecule has 0 aromatic carbocycles. The Balaban J connectivity index is 3.69. The van der Waals surface area contributed by atoms with Crippen LogP contribution in [0.3, 0.4) is 0 Å². The molecule has 6 heteroatoms. The second-order valence-electron chi connectivity index (χ2n) is 2.09. The molecule has 0 radical (unpaired) electrons. The monoisotopic (exact) mass is 184 g/mol. The third kappa shape index (κ3) is 6.34. The van der Waals surface area contributed by atoms with E-state index >= 15 is 0 Å². The van der Waals surface area contributed by atoms with Gasteiger partial charge in [-0.2, -0.15) is 0 Å². The van der Waals surface area contributed by atoms with E-state index in [1.165, 1.54) is 0 Å². The predicted molar refractivity (Wildman–Crippen MR) is 44.4 cm³/mol. The van der Waals surface area contributed by atoms with Crippen LogP contribution in [0, 0.1) is 0 Å². The molecule has 0 bridgehead atoms. The molecule has 0 heterocycles. The van der Waals surface area contributed by atoms with Gasteiger partial charge in [-0.15, -0.1) is 0 Å². The van der Waals surface area contributed by atoms with Crippen LogP contribution in [0.25, 0.3) is 0 Å². The van der Waals surface area contributed by atoms with Crippen LogP contribution >= 0.6 is 11.7 Å². The van der Waals surface area contributed by atoms with Crippen LogP contribution in [0.5, 0.6) is 0 Å². The van der Waals surface area contributed by atoms with Crippen LogP contribution in [0.15, 0.2) is 0 Å². The number of rotatable bonds is 4. The molecule has 0 aromatic rings. The Morgan fingerprint density at radius 2 is 2.00 bits per heavy atom. The summed E-state index contributed by atoms with van der Waals surface area (Å²) in [4.78, 5) is 0. The van der Waals surface area contributed by atoms with Gasteiger partial charge in [0.15, 0.2) is 8.87 Å². The summed E-state index contributed by atoms with van der Waals surface area (Å²) in [5, 5.41) is 0. The minimum atomic E-state index is -3.23. The Labute approximate surface area is 65.7 Å². The third-order valence-electron chi connectivity index (χ3n) is 0.962. The van der Waals surface area contributed by atoms with E-state index in [-0.39, 0.29) is 11.8 Å². The van der Waals surface area contributed by atoms with Crippen LogP contribution in [0.2, 0.25) is 0 Å². The zero-order valence-corrected chi connectivity index (χ0v) is 7.24. The highest BCUT2D eigenvalue weighted by molar-refractivity contribution is 8.63. The van der Waals surface area contributed by atoms with Gasteiger partial charge in [0.25, 0.3) is 0 Å². The summed E-state index contributed by atoms with van der Waals surface area (Å²) in [7, 11) is -3.23. The Morgan fingerprint density at radius 3 is 2.30 bits per heavy atom. The first-order valence-corrected chi connectivity index (χ1v) is 5.57. The van der Waals surface area contributed by atoms with Crippen molar-refractivity contribution in [2.75, 3.05) is 12.3 Å². The molecule has 0 aliphatic rings. The van der Waals surface area contributed by atoms with Crippen molar-refractivity contribution in [3.05, 3.63) is 0 Å². The average Bonchev–Trinajstić information content (AvgIpc) is 1.59. The molecule has 0 saturated carbocycles. The normalized spacial score (nSPS) is 15.1. The molecule has 4 nitrogen and oxygen atoms in total. The van der Waals surface area contributed by atoms with Crippen molar-refractivity contribution in [2.45, 2.75) is 12.5 Å². The maximum Gasteiger partial charge on any atom is 0.200 e. The van der Waals surface area contributed by atoms with E-state index in [1.54, 1.807) is 0 Å². The number of hydrogen-bond donors (Lipinski definition) is 3. The van der Waals surface area contributed by atoms with Gasteiger partial charge in [0.2, 0.25) is 0 Å². The van der Waals surface area contributed by atoms with Crippen molar-refractivity contribution >= 4 is 20.5 Å². The van der Waals surface area contributed by atoms with Crippen LogP contribution in [0.4, 0.5) is 0 Å². The second-order valence-corrected chi connectivity index (χ2v) is 5.25. The largest absolute Gasteiger partial charge is 0.330 e. The molecule has 1 atom stereocenters. The summed E-state index contributed by atoms with van der Waals surface area (Å²) in [6.45, 7) is 0.407. The molecule has 0 spiro atoms. The maximum absolute atomic E-state index is 10.5. The second kappa shape index (κ2) is 4.17. The van der Waals surface area contributed by atoms with Gasteiger partial charge in [-0.25, -0.2) is 8.42 Å². The zero-order valence-electron chi connectivity index (χ0n) is 5.53. The van der Waals surface area contributed by atoms with Gasteiger partial charge in [-0.05, 0) is 24.6 Å². The highest BCUT2D eigenvalue weighted by Crippen LogP contribution is 1.98. The van der Waals surface area contributed by atoms with E-state index in [0.717, 1.165) is 0 Å². The molecule has 10 heavy (non-hydrogen) atoms. The lowest BCUT2D eigenvalue weighted by Gasteiger charge is -2.06. The van der Waals surface area contributed by atoms with E-state index in [9.17, 15) is 8.42 Å². The van der Waals surface area contributed by atoms with Crippen LogP contribution < -0.4 is 11.5 Å². The van der Waals surface area contributed by atoms with Gasteiger partial charge in [0, 0.05) is 6.04 Å². The molecule has 0 aliphatic heterocycles. The molecule has 0 rings (SSSR count). The number of thiol groups is 1. The van der Waals surface area contributed by atoms with Crippen molar-refractivity contribution in [2.24, 2.45) is 11.5 Å². The summed E-state index contributed by atoms with van der Waals surface area (Å²) in [5.74, 6) is -0.104. The van der Waals surface area contributed by atoms with E-state index in [1.807, 2.05) is 0 Å². The van der Waals surface area contributed by atoms with Crippen molar-refractivity contribution in [3.63, 3.8) is 0 Å². The standard InChI is InChI=1S/C4H12N2O2S2/c5-2-1-4(6)3-10(7,8)9/h4H,1-3,5-6H2,(H,7,8,9). The molecular weight excluding hydrogens is 172 g/mol. The number of nitrogens with two attached hydrogens (primary N) is 2. The Bertz CT molecular complexity index is 178. The number of hydrogen-bond acceptors (Lipinski definition) is 4. The summed E-state index contributed by atoms with van der Waals surface area (Å²) in [6.07, 6.45) is 0.514. The lowest BCUT2D eigenvalue weighted by molar-refractivity contribution is 0.595. The topological polar surface area (TPSA) is 86.2 Å². The van der Waals surface area contributed by atoms with E-state index in [2.05, 4.69) is 11.7 Å². The predicted octanol–water partition coefficient (Wildman–Crippen LogP) is -1.08. The summed E-state index contributed by atoms with van der Waals surface area (Å²) >= 11 is 3.34. The first kappa shape index (κ1) is 10.2.